The van der Waals surface area contributed by atoms with Crippen molar-refractivity contribution in [1.82, 2.24) is 13.0 Å². The molecule has 1 aromatic heterocycles. The Kier molecular flexibility index (Phi) is 4.59. The molecule has 7 heteroatoms. The van der Waals surface area contributed by atoms with Crippen LogP contribution in [0.15, 0.2) is 48.7 Å². The smallest absolute Gasteiger partial charge is 0.256 e. The van der Waals surface area contributed by atoms with Crippen molar-refractivity contribution in [3.8, 4) is 11.1 Å². The minimum absolute atomic E-state index is 0.102. The first-order valence-corrected chi connectivity index (χ1v) is 10.2. The zero-order chi connectivity index (χ0) is 20.1. The number of hydrogen-bond acceptors (Lipinski definition) is 3. The molecule has 3 heterocycles. The molecule has 2 aliphatic heterocycles. The van der Waals surface area contributed by atoms with Crippen LogP contribution in [0.4, 0.5) is 8.78 Å². The standard InChI is InChI=1S/C22H16F2IN3O/c23-19-7-15(13-3-4-14-9-28(25)10-16(14)6-13)8-20(24)18(19)11-27-12-21-17(22(27)29)2-1-5-26-21/h1-8H,9-12H2. The minimum atomic E-state index is -0.646. The number of rotatable bonds is 3. The highest BCUT2D eigenvalue weighted by Gasteiger charge is 2.29. The summed E-state index contributed by atoms with van der Waals surface area (Å²) in [6.07, 6.45) is 1.61. The quantitative estimate of drug-likeness (QED) is 0.379. The molecule has 0 aliphatic carbocycles. The van der Waals surface area contributed by atoms with Crippen molar-refractivity contribution in [2.45, 2.75) is 26.2 Å². The van der Waals surface area contributed by atoms with Crippen molar-refractivity contribution in [2.24, 2.45) is 0 Å². The highest BCUT2D eigenvalue weighted by molar-refractivity contribution is 14.1. The van der Waals surface area contributed by atoms with Gasteiger partial charge in [-0.25, -0.2) is 11.9 Å². The SMILES string of the molecule is O=C1c2cccnc2CN1Cc1c(F)cc(-c2ccc3c(c2)CN(I)C3)cc1F. The summed E-state index contributed by atoms with van der Waals surface area (Å²) >= 11 is 2.27. The number of benzene rings is 2. The number of carbonyl (C=O) groups is 1. The van der Waals surface area contributed by atoms with E-state index < -0.39 is 11.6 Å². The maximum atomic E-state index is 14.8. The van der Waals surface area contributed by atoms with Gasteiger partial charge in [-0.3, -0.25) is 9.78 Å². The molecule has 3 aromatic rings. The second-order valence-electron chi connectivity index (χ2n) is 7.34. The highest BCUT2D eigenvalue weighted by atomic mass is 127. The van der Waals surface area contributed by atoms with E-state index in [4.69, 9.17) is 0 Å². The zero-order valence-electron chi connectivity index (χ0n) is 15.3. The van der Waals surface area contributed by atoms with E-state index in [1.807, 2.05) is 18.2 Å². The number of aromatic nitrogens is 1. The van der Waals surface area contributed by atoms with Gasteiger partial charge < -0.3 is 4.90 Å². The maximum Gasteiger partial charge on any atom is 0.256 e. The second kappa shape index (κ2) is 7.14. The Hall–Kier alpha value is -2.39. The van der Waals surface area contributed by atoms with Gasteiger partial charge in [0.1, 0.15) is 11.6 Å². The number of halogens is 3. The molecule has 29 heavy (non-hydrogen) atoms. The second-order valence-corrected chi connectivity index (χ2v) is 8.70. The van der Waals surface area contributed by atoms with E-state index in [0.29, 0.717) is 16.8 Å². The average Bonchev–Trinajstić information content (AvgIpc) is 3.23. The average molecular weight is 503 g/mol. The third kappa shape index (κ3) is 3.32. The molecule has 0 N–H and O–H groups in total. The summed E-state index contributed by atoms with van der Waals surface area (Å²) in [4.78, 5) is 18.1. The van der Waals surface area contributed by atoms with E-state index in [1.165, 1.54) is 28.2 Å². The maximum absolute atomic E-state index is 14.8. The number of nitrogens with zero attached hydrogens (tertiary/aromatic N) is 3. The summed E-state index contributed by atoms with van der Waals surface area (Å²) in [5.74, 6) is -1.54. The van der Waals surface area contributed by atoms with Crippen molar-refractivity contribution in [1.29, 1.82) is 0 Å². The van der Waals surface area contributed by atoms with E-state index in [1.54, 1.807) is 18.3 Å². The predicted molar refractivity (Wildman–Crippen MR) is 113 cm³/mol. The summed E-state index contributed by atoms with van der Waals surface area (Å²) in [7, 11) is 0. The lowest BCUT2D eigenvalue weighted by atomic mass is 9.99. The van der Waals surface area contributed by atoms with E-state index >= 15 is 0 Å². The molecule has 0 saturated heterocycles. The van der Waals surface area contributed by atoms with Crippen LogP contribution in [-0.2, 0) is 26.2 Å². The van der Waals surface area contributed by atoms with Crippen LogP contribution >= 0.6 is 22.9 Å². The largest absolute Gasteiger partial charge is 0.328 e. The lowest BCUT2D eigenvalue weighted by Gasteiger charge is -2.17. The van der Waals surface area contributed by atoms with Crippen LogP contribution < -0.4 is 0 Å². The van der Waals surface area contributed by atoms with Gasteiger partial charge in [-0.05, 0) is 52.6 Å². The van der Waals surface area contributed by atoms with Crippen molar-refractivity contribution in [2.75, 3.05) is 0 Å². The van der Waals surface area contributed by atoms with Crippen LogP contribution in [0.1, 0.15) is 32.7 Å². The van der Waals surface area contributed by atoms with Crippen LogP contribution in [0.25, 0.3) is 11.1 Å². The number of carbonyl (C=O) groups excluding carboxylic acids is 1. The third-order valence-corrected chi connectivity index (χ3v) is 6.14. The summed E-state index contributed by atoms with van der Waals surface area (Å²) < 4.78 is 31.8. The molecule has 2 aliphatic rings. The van der Waals surface area contributed by atoms with Gasteiger partial charge in [0.2, 0.25) is 0 Å². The fourth-order valence-electron chi connectivity index (χ4n) is 3.95. The van der Waals surface area contributed by atoms with Gasteiger partial charge in [0.15, 0.2) is 0 Å². The number of pyridine rings is 1. The molecule has 0 unspecified atom stereocenters. The van der Waals surface area contributed by atoms with Gasteiger partial charge in [0.05, 0.1) is 24.3 Å². The lowest BCUT2D eigenvalue weighted by Crippen LogP contribution is -2.24. The molecule has 0 atom stereocenters. The summed E-state index contributed by atoms with van der Waals surface area (Å²) in [5, 5.41) is 0. The van der Waals surface area contributed by atoms with Gasteiger partial charge in [-0.15, -0.1) is 0 Å². The van der Waals surface area contributed by atoms with Gasteiger partial charge >= 0.3 is 0 Å². The normalized spacial score (nSPS) is 15.7. The van der Waals surface area contributed by atoms with E-state index in [2.05, 4.69) is 31.0 Å². The molecule has 0 fully saturated rings. The molecular formula is C22H16F2IN3O. The predicted octanol–water partition coefficient (Wildman–Crippen LogP) is 4.85. The topological polar surface area (TPSA) is 36.4 Å². The lowest BCUT2D eigenvalue weighted by molar-refractivity contribution is 0.0763. The first kappa shape index (κ1) is 18.6. The molecule has 5 rings (SSSR count). The Morgan fingerprint density at radius 1 is 0.966 bits per heavy atom. The van der Waals surface area contributed by atoms with Crippen LogP contribution in [0, 0.1) is 11.6 Å². The van der Waals surface area contributed by atoms with Crippen LogP contribution in [0.2, 0.25) is 0 Å². The monoisotopic (exact) mass is 503 g/mol. The Morgan fingerprint density at radius 3 is 2.48 bits per heavy atom. The van der Waals surface area contributed by atoms with Crippen molar-refractivity contribution in [3.63, 3.8) is 0 Å². The Labute approximate surface area is 180 Å². The number of hydrogen-bond donors (Lipinski definition) is 0. The molecule has 146 valence electrons. The summed E-state index contributed by atoms with van der Waals surface area (Å²) in [5.41, 5.74) is 4.72. The van der Waals surface area contributed by atoms with Gasteiger partial charge in [0.25, 0.3) is 5.91 Å². The van der Waals surface area contributed by atoms with Crippen molar-refractivity contribution >= 4 is 28.8 Å². The molecule has 2 aromatic carbocycles. The Bertz CT molecular complexity index is 1130. The molecule has 1 amide bonds. The van der Waals surface area contributed by atoms with E-state index in [0.717, 1.165) is 18.7 Å². The van der Waals surface area contributed by atoms with Gasteiger partial charge in [0, 0.05) is 47.7 Å². The first-order chi connectivity index (χ1) is 14.0. The minimum Gasteiger partial charge on any atom is -0.328 e. The van der Waals surface area contributed by atoms with Crippen molar-refractivity contribution < 1.29 is 13.6 Å². The van der Waals surface area contributed by atoms with Crippen molar-refractivity contribution in [3.05, 3.63) is 88.2 Å². The fourth-order valence-corrected chi connectivity index (χ4v) is 4.69. The highest BCUT2D eigenvalue weighted by Crippen LogP contribution is 2.32. The first-order valence-electron chi connectivity index (χ1n) is 9.23. The van der Waals surface area contributed by atoms with Crippen LogP contribution in [-0.4, -0.2) is 18.9 Å². The zero-order valence-corrected chi connectivity index (χ0v) is 17.5. The Morgan fingerprint density at radius 2 is 1.72 bits per heavy atom. The van der Waals surface area contributed by atoms with Gasteiger partial charge in [-0.2, -0.15) is 0 Å². The van der Waals surface area contributed by atoms with E-state index in [-0.39, 0.29) is 24.6 Å². The molecule has 0 radical (unpaired) electrons. The third-order valence-electron chi connectivity index (χ3n) is 5.46. The molecule has 0 spiro atoms. The molecule has 0 saturated carbocycles. The summed E-state index contributed by atoms with van der Waals surface area (Å²) in [6.45, 7) is 1.83. The number of fused-ring (bicyclic) bond motifs is 2. The summed E-state index contributed by atoms with van der Waals surface area (Å²) in [6, 6.07) is 12.0. The van der Waals surface area contributed by atoms with E-state index in [9.17, 15) is 13.6 Å². The van der Waals surface area contributed by atoms with Gasteiger partial charge in [-0.1, -0.05) is 12.1 Å². The van der Waals surface area contributed by atoms with Crippen LogP contribution in [0.5, 0.6) is 0 Å². The molecule has 4 nitrogen and oxygen atoms in total. The molecular weight excluding hydrogens is 487 g/mol. The Balaban J connectivity index is 1.43. The van der Waals surface area contributed by atoms with Crippen LogP contribution in [0.3, 0.4) is 0 Å². The number of amides is 1. The fraction of sp³-hybridized carbons (Fsp3) is 0.182. The molecule has 0 bridgehead atoms.